The highest BCUT2D eigenvalue weighted by molar-refractivity contribution is 5.83. The van der Waals surface area contributed by atoms with Crippen molar-refractivity contribution < 1.29 is 23.1 Å². The van der Waals surface area contributed by atoms with E-state index in [1.807, 2.05) is 45.0 Å². The Balaban J connectivity index is 1.98. The summed E-state index contributed by atoms with van der Waals surface area (Å²) in [5.41, 5.74) is 0.340. The Labute approximate surface area is 156 Å². The van der Waals surface area contributed by atoms with Gasteiger partial charge in [0.25, 0.3) is 0 Å². The maximum Gasteiger partial charge on any atom is 0.343 e. The number of ether oxygens (including phenoxy) is 2. The maximum absolute atomic E-state index is 12.3. The zero-order valence-corrected chi connectivity index (χ0v) is 16.0. The Kier molecular flexibility index (Phi) is 4.93. The fourth-order valence-electron chi connectivity index (χ4n) is 2.62. The van der Waals surface area contributed by atoms with Crippen molar-refractivity contribution in [1.82, 2.24) is 0 Å². The second-order valence-electron chi connectivity index (χ2n) is 7.32. The molecule has 27 heavy (non-hydrogen) atoms. The average molecular weight is 370 g/mol. The maximum atomic E-state index is 12.3. The summed E-state index contributed by atoms with van der Waals surface area (Å²) in [6.07, 6.45) is 0. The topological polar surface area (TPSA) is 78.9 Å². The number of hydrogen-bond donors (Lipinski definition) is 0. The van der Waals surface area contributed by atoms with E-state index < -0.39 is 17.2 Å². The number of esters is 1. The highest BCUT2D eigenvalue weighted by Gasteiger charge is 2.22. The Bertz CT molecular complexity index is 1020. The molecular formula is C21H22O6. The van der Waals surface area contributed by atoms with Crippen molar-refractivity contribution in [2.45, 2.75) is 40.2 Å². The van der Waals surface area contributed by atoms with E-state index in [4.69, 9.17) is 18.3 Å². The molecule has 0 N–H and O–H groups in total. The van der Waals surface area contributed by atoms with Crippen LogP contribution in [0.25, 0.3) is 22.5 Å². The largest absolute Gasteiger partial charge is 0.453 e. The molecule has 0 amide bonds. The minimum absolute atomic E-state index is 0.171. The van der Waals surface area contributed by atoms with Crippen molar-refractivity contribution in [2.75, 3.05) is 6.61 Å². The van der Waals surface area contributed by atoms with E-state index in [1.165, 1.54) is 0 Å². The molecule has 0 saturated heterocycles. The predicted molar refractivity (Wildman–Crippen MR) is 101 cm³/mol. The van der Waals surface area contributed by atoms with Crippen LogP contribution in [-0.2, 0) is 9.53 Å². The molecule has 2 heterocycles. The molecule has 3 aromatic rings. The molecule has 0 aliphatic carbocycles. The van der Waals surface area contributed by atoms with Crippen molar-refractivity contribution >= 4 is 16.9 Å². The van der Waals surface area contributed by atoms with E-state index in [0.717, 1.165) is 5.39 Å². The summed E-state index contributed by atoms with van der Waals surface area (Å²) in [6, 6.07) is 9.25. The lowest BCUT2D eigenvalue weighted by Crippen LogP contribution is -2.26. The lowest BCUT2D eigenvalue weighted by atomic mass is 10.1. The quantitative estimate of drug-likeness (QED) is 0.634. The van der Waals surface area contributed by atoms with Crippen molar-refractivity contribution in [2.24, 2.45) is 0 Å². The molecule has 0 unspecified atom stereocenters. The highest BCUT2D eigenvalue weighted by Crippen LogP contribution is 2.34. The van der Waals surface area contributed by atoms with E-state index >= 15 is 0 Å². The fraction of sp³-hybridized carbons (Fsp3) is 0.333. The van der Waals surface area contributed by atoms with Crippen LogP contribution in [0.2, 0.25) is 0 Å². The number of para-hydroxylation sites is 1. The molecule has 142 valence electrons. The summed E-state index contributed by atoms with van der Waals surface area (Å²) < 4.78 is 22.1. The van der Waals surface area contributed by atoms with Crippen LogP contribution < -0.4 is 10.4 Å². The number of rotatable bonds is 4. The molecule has 0 atom stereocenters. The van der Waals surface area contributed by atoms with E-state index in [1.54, 1.807) is 19.9 Å². The zero-order valence-electron chi connectivity index (χ0n) is 16.0. The summed E-state index contributed by atoms with van der Waals surface area (Å²) in [4.78, 5) is 24.4. The standard InChI is InChI=1S/C21H22O6/c1-12-18(26-17(22)11-24-21(3,4)5)13(2)20(23)27-19(12)16-10-14-8-6-7-9-15(14)25-16/h6-10H,11H2,1-5H3. The SMILES string of the molecule is Cc1c(-c2cc3ccccc3o2)oc(=O)c(C)c1OC(=O)COC(C)(C)C. The fourth-order valence-corrected chi connectivity index (χ4v) is 2.62. The van der Waals surface area contributed by atoms with Crippen LogP contribution in [0.5, 0.6) is 5.75 Å². The second kappa shape index (κ2) is 7.04. The van der Waals surface area contributed by atoms with Gasteiger partial charge in [-0.2, -0.15) is 0 Å². The molecule has 6 nitrogen and oxygen atoms in total. The lowest BCUT2D eigenvalue weighted by molar-refractivity contribution is -0.144. The van der Waals surface area contributed by atoms with Crippen molar-refractivity contribution in [3.05, 3.63) is 51.9 Å². The number of benzene rings is 1. The summed E-state index contributed by atoms with van der Waals surface area (Å²) >= 11 is 0. The third-order valence-corrected chi connectivity index (χ3v) is 4.01. The van der Waals surface area contributed by atoms with Gasteiger partial charge in [0.05, 0.1) is 11.2 Å². The smallest absolute Gasteiger partial charge is 0.343 e. The molecule has 0 saturated carbocycles. The van der Waals surface area contributed by atoms with Gasteiger partial charge in [-0.1, -0.05) is 18.2 Å². The van der Waals surface area contributed by atoms with Gasteiger partial charge in [0.2, 0.25) is 0 Å². The summed E-state index contributed by atoms with van der Waals surface area (Å²) in [5.74, 6) is 0.219. The molecule has 2 aromatic heterocycles. The Morgan fingerprint density at radius 1 is 1.07 bits per heavy atom. The van der Waals surface area contributed by atoms with Gasteiger partial charge in [0, 0.05) is 10.9 Å². The Hall–Kier alpha value is -2.86. The minimum Gasteiger partial charge on any atom is -0.453 e. The van der Waals surface area contributed by atoms with E-state index in [9.17, 15) is 9.59 Å². The summed E-state index contributed by atoms with van der Waals surface area (Å²) in [6.45, 7) is 8.57. The van der Waals surface area contributed by atoms with Crippen molar-refractivity contribution in [3.63, 3.8) is 0 Å². The van der Waals surface area contributed by atoms with E-state index in [-0.39, 0.29) is 23.7 Å². The molecule has 0 spiro atoms. The van der Waals surface area contributed by atoms with Crippen LogP contribution in [-0.4, -0.2) is 18.2 Å². The first kappa shape index (κ1) is 18.9. The Morgan fingerprint density at radius 3 is 2.44 bits per heavy atom. The van der Waals surface area contributed by atoms with Crippen LogP contribution >= 0.6 is 0 Å². The predicted octanol–water partition coefficient (Wildman–Crippen LogP) is 4.39. The first-order valence-corrected chi connectivity index (χ1v) is 8.63. The van der Waals surface area contributed by atoms with Crippen LogP contribution in [0.4, 0.5) is 0 Å². The van der Waals surface area contributed by atoms with Crippen LogP contribution in [0.3, 0.4) is 0 Å². The first-order chi connectivity index (χ1) is 12.7. The third kappa shape index (κ3) is 4.11. The number of fused-ring (bicyclic) bond motifs is 1. The van der Waals surface area contributed by atoms with Gasteiger partial charge in [-0.3, -0.25) is 0 Å². The molecular weight excluding hydrogens is 348 g/mol. The third-order valence-electron chi connectivity index (χ3n) is 4.01. The van der Waals surface area contributed by atoms with Crippen LogP contribution in [0.15, 0.2) is 44.0 Å². The molecule has 1 aromatic carbocycles. The van der Waals surface area contributed by atoms with Crippen LogP contribution in [0.1, 0.15) is 31.9 Å². The summed E-state index contributed by atoms with van der Waals surface area (Å²) in [5, 5.41) is 0.882. The van der Waals surface area contributed by atoms with Gasteiger partial charge in [-0.05, 0) is 46.8 Å². The molecule has 6 heteroatoms. The molecule has 0 radical (unpaired) electrons. The number of hydrogen-bond acceptors (Lipinski definition) is 6. The average Bonchev–Trinajstić information content (AvgIpc) is 3.03. The number of carbonyl (C=O) groups excluding carboxylic acids is 1. The molecule has 0 aliphatic heterocycles. The van der Waals surface area contributed by atoms with E-state index in [0.29, 0.717) is 16.9 Å². The monoisotopic (exact) mass is 370 g/mol. The number of furan rings is 1. The van der Waals surface area contributed by atoms with E-state index in [2.05, 4.69) is 0 Å². The van der Waals surface area contributed by atoms with Gasteiger partial charge in [-0.15, -0.1) is 0 Å². The molecule has 0 aliphatic rings. The van der Waals surface area contributed by atoms with Gasteiger partial charge in [-0.25, -0.2) is 9.59 Å². The van der Waals surface area contributed by atoms with Gasteiger partial charge >= 0.3 is 11.6 Å². The molecule has 0 bridgehead atoms. The highest BCUT2D eigenvalue weighted by atomic mass is 16.6. The lowest BCUT2D eigenvalue weighted by Gasteiger charge is -2.19. The first-order valence-electron chi connectivity index (χ1n) is 8.63. The minimum atomic E-state index is -0.587. The Morgan fingerprint density at radius 2 is 1.78 bits per heavy atom. The number of carbonyl (C=O) groups is 1. The summed E-state index contributed by atoms with van der Waals surface area (Å²) in [7, 11) is 0. The van der Waals surface area contributed by atoms with Gasteiger partial charge in [0.15, 0.2) is 11.5 Å². The zero-order chi connectivity index (χ0) is 19.8. The second-order valence-corrected chi connectivity index (χ2v) is 7.32. The van der Waals surface area contributed by atoms with Gasteiger partial charge < -0.3 is 18.3 Å². The normalized spacial score (nSPS) is 11.7. The van der Waals surface area contributed by atoms with Crippen molar-refractivity contribution in [3.8, 4) is 17.3 Å². The van der Waals surface area contributed by atoms with Crippen LogP contribution in [0, 0.1) is 13.8 Å². The van der Waals surface area contributed by atoms with Gasteiger partial charge in [0.1, 0.15) is 17.9 Å². The molecule has 3 rings (SSSR count). The molecule has 0 fully saturated rings. The van der Waals surface area contributed by atoms with Crippen molar-refractivity contribution in [1.29, 1.82) is 0 Å².